The van der Waals surface area contributed by atoms with Crippen molar-refractivity contribution in [3.8, 4) is 0 Å². The molecule has 2 aromatic carbocycles. The molecule has 0 spiro atoms. The van der Waals surface area contributed by atoms with E-state index in [0.717, 1.165) is 36.9 Å². The Morgan fingerprint density at radius 1 is 0.963 bits per heavy atom. The molecule has 0 bridgehead atoms. The lowest BCUT2D eigenvalue weighted by molar-refractivity contribution is 0.122. The molecule has 4 rings (SSSR count). The van der Waals surface area contributed by atoms with Crippen LogP contribution in [0.25, 0.3) is 0 Å². The first-order chi connectivity index (χ1) is 13.0. The summed E-state index contributed by atoms with van der Waals surface area (Å²) in [5.74, 6) is -0.589. The molecule has 5 nitrogen and oxygen atoms in total. The number of halogens is 1. The van der Waals surface area contributed by atoms with Crippen molar-refractivity contribution in [1.29, 1.82) is 0 Å². The fourth-order valence-corrected chi connectivity index (χ4v) is 4.80. The van der Waals surface area contributed by atoms with Gasteiger partial charge in [0.1, 0.15) is 5.82 Å². The Balaban J connectivity index is 1.60. The summed E-state index contributed by atoms with van der Waals surface area (Å²) in [5.41, 5.74) is 3.03. The van der Waals surface area contributed by atoms with Gasteiger partial charge in [0, 0.05) is 18.8 Å². The van der Waals surface area contributed by atoms with Crippen molar-refractivity contribution in [3.05, 3.63) is 53.3 Å². The number of hydrogen-bond donors (Lipinski definition) is 1. The standard InChI is InChI=1S/C20H23FN2O3S/c21-19-8-6-17(23-9-11-26-12-10-23)14-20(19)22-27(24,25)18-7-5-15-3-1-2-4-16(15)13-18/h5-8,13-14,22H,1-4,9-12H2. The number of aryl methyl sites for hydroxylation is 2. The van der Waals surface area contributed by atoms with E-state index in [1.165, 1.54) is 11.6 Å². The average molecular weight is 390 g/mol. The van der Waals surface area contributed by atoms with Crippen LogP contribution in [-0.2, 0) is 27.6 Å². The fourth-order valence-electron chi connectivity index (χ4n) is 3.69. The normalized spacial score (nSPS) is 17.4. The molecule has 1 aliphatic heterocycles. The highest BCUT2D eigenvalue weighted by atomic mass is 32.2. The number of benzene rings is 2. The Labute approximate surface area is 159 Å². The van der Waals surface area contributed by atoms with Crippen LogP contribution in [0.3, 0.4) is 0 Å². The summed E-state index contributed by atoms with van der Waals surface area (Å²) in [4.78, 5) is 2.24. The average Bonchev–Trinajstić information content (AvgIpc) is 2.70. The van der Waals surface area contributed by atoms with Crippen molar-refractivity contribution in [1.82, 2.24) is 0 Å². The first kappa shape index (κ1) is 18.3. The zero-order chi connectivity index (χ0) is 18.9. The van der Waals surface area contributed by atoms with E-state index < -0.39 is 15.8 Å². The Morgan fingerprint density at radius 3 is 2.48 bits per heavy atom. The molecule has 0 saturated carbocycles. The van der Waals surface area contributed by atoms with E-state index >= 15 is 0 Å². The van der Waals surface area contributed by atoms with Crippen molar-refractivity contribution >= 4 is 21.4 Å². The lowest BCUT2D eigenvalue weighted by Gasteiger charge is -2.29. The first-order valence-electron chi connectivity index (χ1n) is 9.30. The van der Waals surface area contributed by atoms with Gasteiger partial charge in [0.25, 0.3) is 10.0 Å². The van der Waals surface area contributed by atoms with Crippen molar-refractivity contribution in [3.63, 3.8) is 0 Å². The van der Waals surface area contributed by atoms with Crippen LogP contribution in [0.5, 0.6) is 0 Å². The number of nitrogens with one attached hydrogen (secondary N) is 1. The van der Waals surface area contributed by atoms with Crippen molar-refractivity contribution in [2.45, 2.75) is 30.6 Å². The zero-order valence-corrected chi connectivity index (χ0v) is 15.9. The van der Waals surface area contributed by atoms with E-state index in [9.17, 15) is 12.8 Å². The molecule has 1 saturated heterocycles. The molecule has 7 heteroatoms. The molecule has 144 valence electrons. The summed E-state index contributed by atoms with van der Waals surface area (Å²) in [5, 5.41) is 0. The van der Waals surface area contributed by atoms with Crippen LogP contribution in [0, 0.1) is 5.82 Å². The quantitative estimate of drug-likeness (QED) is 0.870. The van der Waals surface area contributed by atoms with Crippen molar-refractivity contribution in [2.75, 3.05) is 35.9 Å². The van der Waals surface area contributed by atoms with Crippen LogP contribution in [0.1, 0.15) is 24.0 Å². The lowest BCUT2D eigenvalue weighted by Crippen LogP contribution is -2.36. The number of anilines is 2. The lowest BCUT2D eigenvalue weighted by atomic mass is 9.92. The number of rotatable bonds is 4. The van der Waals surface area contributed by atoms with Gasteiger partial charge in [-0.25, -0.2) is 12.8 Å². The minimum absolute atomic E-state index is 0.0308. The third kappa shape index (κ3) is 3.94. The minimum Gasteiger partial charge on any atom is -0.378 e. The number of hydrogen-bond acceptors (Lipinski definition) is 4. The highest BCUT2D eigenvalue weighted by Crippen LogP contribution is 2.28. The second-order valence-corrected chi connectivity index (χ2v) is 8.69. The maximum absolute atomic E-state index is 14.3. The van der Waals surface area contributed by atoms with Gasteiger partial charge in [-0.15, -0.1) is 0 Å². The second kappa shape index (κ2) is 7.48. The van der Waals surface area contributed by atoms with E-state index in [0.29, 0.717) is 26.3 Å². The van der Waals surface area contributed by atoms with Crippen molar-refractivity contribution in [2.24, 2.45) is 0 Å². The molecular formula is C20H23FN2O3S. The third-order valence-electron chi connectivity index (χ3n) is 5.20. The number of nitrogens with zero attached hydrogens (tertiary/aromatic N) is 1. The largest absolute Gasteiger partial charge is 0.378 e. The van der Waals surface area contributed by atoms with Crippen LogP contribution in [-0.4, -0.2) is 34.7 Å². The summed E-state index contributed by atoms with van der Waals surface area (Å²) >= 11 is 0. The molecule has 2 aromatic rings. The smallest absolute Gasteiger partial charge is 0.261 e. The summed E-state index contributed by atoms with van der Waals surface area (Å²) in [6, 6.07) is 9.73. The molecular weight excluding hydrogens is 367 g/mol. The molecule has 27 heavy (non-hydrogen) atoms. The van der Waals surface area contributed by atoms with Gasteiger partial charge in [-0.3, -0.25) is 4.72 Å². The van der Waals surface area contributed by atoms with Crippen LogP contribution < -0.4 is 9.62 Å². The number of ether oxygens (including phenoxy) is 1. The molecule has 1 aliphatic carbocycles. The minimum atomic E-state index is -3.85. The number of morpholine rings is 1. The van der Waals surface area contributed by atoms with Gasteiger partial charge in [-0.2, -0.15) is 0 Å². The molecule has 1 N–H and O–H groups in total. The van der Waals surface area contributed by atoms with Gasteiger partial charge in [-0.05, 0) is 67.1 Å². The summed E-state index contributed by atoms with van der Waals surface area (Å²) in [7, 11) is -3.85. The van der Waals surface area contributed by atoms with Gasteiger partial charge in [0.05, 0.1) is 23.8 Å². The molecule has 0 aromatic heterocycles. The number of sulfonamides is 1. The molecule has 1 heterocycles. The Hall–Kier alpha value is -2.12. The predicted molar refractivity (Wildman–Crippen MR) is 103 cm³/mol. The van der Waals surface area contributed by atoms with E-state index in [-0.39, 0.29) is 10.6 Å². The zero-order valence-electron chi connectivity index (χ0n) is 15.1. The predicted octanol–water partition coefficient (Wildman–Crippen LogP) is 3.34. The molecule has 0 atom stereocenters. The van der Waals surface area contributed by atoms with E-state index in [1.807, 2.05) is 6.07 Å². The SMILES string of the molecule is O=S(=O)(Nc1cc(N2CCOCC2)ccc1F)c1ccc2c(c1)CCCC2. The maximum atomic E-state index is 14.3. The van der Waals surface area contributed by atoms with Crippen molar-refractivity contribution < 1.29 is 17.5 Å². The third-order valence-corrected chi connectivity index (χ3v) is 6.56. The van der Waals surface area contributed by atoms with Gasteiger partial charge in [-0.1, -0.05) is 6.07 Å². The van der Waals surface area contributed by atoms with E-state index in [4.69, 9.17) is 4.74 Å². The highest BCUT2D eigenvalue weighted by Gasteiger charge is 2.20. The van der Waals surface area contributed by atoms with Gasteiger partial charge >= 0.3 is 0 Å². The molecule has 1 fully saturated rings. The number of fused-ring (bicyclic) bond motifs is 1. The van der Waals surface area contributed by atoms with Crippen LogP contribution in [0.4, 0.5) is 15.8 Å². The van der Waals surface area contributed by atoms with Crippen LogP contribution in [0.2, 0.25) is 0 Å². The summed E-state index contributed by atoms with van der Waals surface area (Å²) < 4.78 is 47.7. The Kier molecular flexibility index (Phi) is 5.06. The molecule has 0 unspecified atom stereocenters. The molecule has 0 radical (unpaired) electrons. The first-order valence-corrected chi connectivity index (χ1v) is 10.8. The second-order valence-electron chi connectivity index (χ2n) is 7.01. The fraction of sp³-hybridized carbons (Fsp3) is 0.400. The van der Waals surface area contributed by atoms with E-state index in [1.54, 1.807) is 24.3 Å². The monoisotopic (exact) mass is 390 g/mol. The topological polar surface area (TPSA) is 58.6 Å². The molecule has 2 aliphatic rings. The maximum Gasteiger partial charge on any atom is 0.261 e. The highest BCUT2D eigenvalue weighted by molar-refractivity contribution is 7.92. The van der Waals surface area contributed by atoms with Gasteiger partial charge < -0.3 is 9.64 Å². The Morgan fingerprint density at radius 2 is 1.70 bits per heavy atom. The van der Waals surface area contributed by atoms with Crippen LogP contribution in [0.15, 0.2) is 41.3 Å². The molecule has 0 amide bonds. The van der Waals surface area contributed by atoms with Gasteiger partial charge in [0.2, 0.25) is 0 Å². The summed E-state index contributed by atoms with van der Waals surface area (Å²) in [6.07, 6.45) is 4.08. The van der Waals surface area contributed by atoms with Crippen LogP contribution >= 0.6 is 0 Å². The Bertz CT molecular complexity index is 940. The van der Waals surface area contributed by atoms with E-state index in [2.05, 4.69) is 9.62 Å². The van der Waals surface area contributed by atoms with Gasteiger partial charge in [0.15, 0.2) is 0 Å². The summed E-state index contributed by atoms with van der Waals surface area (Å²) in [6.45, 7) is 2.60.